The monoisotopic (exact) mass is 245 g/mol. The van der Waals surface area contributed by atoms with E-state index >= 15 is 0 Å². The van der Waals surface area contributed by atoms with Gasteiger partial charge in [0.25, 0.3) is 0 Å². The number of nitrogens with zero attached hydrogens (tertiary/aromatic N) is 2. The first-order valence-electron chi connectivity index (χ1n) is 5.42. The Balaban J connectivity index is 2.35. The molecule has 0 amide bonds. The van der Waals surface area contributed by atoms with Gasteiger partial charge in [-0.25, -0.2) is 8.42 Å². The Morgan fingerprint density at radius 1 is 1.50 bits per heavy atom. The number of rotatable bonds is 7. The Morgan fingerprint density at radius 2 is 2.25 bits per heavy atom. The summed E-state index contributed by atoms with van der Waals surface area (Å²) in [7, 11) is -2.86. The van der Waals surface area contributed by atoms with Crippen LogP contribution in [-0.4, -0.2) is 36.8 Å². The minimum Gasteiger partial charge on any atom is -0.311 e. The molecule has 0 unspecified atom stereocenters. The highest BCUT2D eigenvalue weighted by atomic mass is 32.2. The Kier molecular flexibility index (Phi) is 4.95. The number of aromatic nitrogens is 2. The van der Waals surface area contributed by atoms with Crippen molar-refractivity contribution in [1.29, 1.82) is 0 Å². The van der Waals surface area contributed by atoms with Crippen molar-refractivity contribution < 1.29 is 8.42 Å². The predicted octanol–water partition coefficient (Wildman–Crippen LogP) is 0.427. The van der Waals surface area contributed by atoms with Crippen molar-refractivity contribution in [3.05, 3.63) is 18.0 Å². The summed E-state index contributed by atoms with van der Waals surface area (Å²) in [5.41, 5.74) is 0.987. The van der Waals surface area contributed by atoms with Crippen molar-refractivity contribution >= 4 is 9.84 Å². The first-order chi connectivity index (χ1) is 7.51. The number of hydrogen-bond acceptors (Lipinski definition) is 4. The fraction of sp³-hybridized carbons (Fsp3) is 0.700. The molecule has 0 atom stereocenters. The van der Waals surface area contributed by atoms with E-state index in [1.807, 2.05) is 19.2 Å². The number of aryl methyl sites for hydroxylation is 1. The fourth-order valence-corrected chi connectivity index (χ4v) is 2.02. The number of hydrogen-bond donors (Lipinski definition) is 1. The molecule has 1 rings (SSSR count). The van der Waals surface area contributed by atoms with Gasteiger partial charge in [0.1, 0.15) is 9.84 Å². The number of sulfone groups is 1. The molecule has 0 saturated heterocycles. The van der Waals surface area contributed by atoms with Crippen LogP contribution in [0.1, 0.15) is 19.0 Å². The molecule has 92 valence electrons. The highest BCUT2D eigenvalue weighted by molar-refractivity contribution is 7.90. The lowest BCUT2D eigenvalue weighted by Gasteiger charge is -2.00. The van der Waals surface area contributed by atoms with Crippen LogP contribution in [0.3, 0.4) is 0 Å². The molecule has 5 nitrogen and oxygen atoms in total. The van der Waals surface area contributed by atoms with Gasteiger partial charge in [-0.3, -0.25) is 4.68 Å². The molecule has 0 radical (unpaired) electrons. The predicted molar refractivity (Wildman–Crippen MR) is 63.9 cm³/mol. The van der Waals surface area contributed by atoms with Gasteiger partial charge < -0.3 is 5.32 Å². The largest absolute Gasteiger partial charge is 0.311 e. The molecule has 0 aliphatic carbocycles. The van der Waals surface area contributed by atoms with Gasteiger partial charge in [0.2, 0.25) is 0 Å². The molecule has 1 heterocycles. The minimum atomic E-state index is -2.86. The van der Waals surface area contributed by atoms with Gasteiger partial charge in [0.15, 0.2) is 0 Å². The van der Waals surface area contributed by atoms with Gasteiger partial charge in [-0.05, 0) is 19.0 Å². The van der Waals surface area contributed by atoms with Crippen molar-refractivity contribution in [3.63, 3.8) is 0 Å². The third-order valence-corrected chi connectivity index (χ3v) is 3.18. The summed E-state index contributed by atoms with van der Waals surface area (Å²) in [6, 6.07) is 1.95. The van der Waals surface area contributed by atoms with Gasteiger partial charge in [-0.15, -0.1) is 0 Å². The molecule has 0 saturated carbocycles. The van der Waals surface area contributed by atoms with E-state index in [9.17, 15) is 8.42 Å². The van der Waals surface area contributed by atoms with Crippen molar-refractivity contribution in [2.45, 2.75) is 26.4 Å². The van der Waals surface area contributed by atoms with Gasteiger partial charge in [0, 0.05) is 25.5 Å². The van der Waals surface area contributed by atoms with Gasteiger partial charge in [0.05, 0.1) is 11.4 Å². The Morgan fingerprint density at radius 3 is 2.88 bits per heavy atom. The lowest BCUT2D eigenvalue weighted by molar-refractivity contribution is 0.569. The van der Waals surface area contributed by atoms with E-state index in [1.165, 1.54) is 6.26 Å². The average Bonchev–Trinajstić information content (AvgIpc) is 2.61. The maximum atomic E-state index is 10.9. The van der Waals surface area contributed by atoms with E-state index in [-0.39, 0.29) is 5.75 Å². The Hall–Kier alpha value is -0.880. The Labute approximate surface area is 96.8 Å². The molecule has 0 fully saturated rings. The van der Waals surface area contributed by atoms with Crippen LogP contribution >= 0.6 is 0 Å². The van der Waals surface area contributed by atoms with Crippen LogP contribution in [0.5, 0.6) is 0 Å². The van der Waals surface area contributed by atoms with Crippen molar-refractivity contribution in [2.24, 2.45) is 0 Å². The van der Waals surface area contributed by atoms with Crippen molar-refractivity contribution in [1.82, 2.24) is 15.1 Å². The van der Waals surface area contributed by atoms with Gasteiger partial charge in [-0.2, -0.15) is 5.10 Å². The van der Waals surface area contributed by atoms with Crippen LogP contribution in [0.4, 0.5) is 0 Å². The minimum absolute atomic E-state index is 0.218. The van der Waals surface area contributed by atoms with E-state index in [0.717, 1.165) is 18.8 Å². The molecule has 6 heteroatoms. The molecule has 16 heavy (non-hydrogen) atoms. The van der Waals surface area contributed by atoms with Gasteiger partial charge >= 0.3 is 0 Å². The SMILES string of the molecule is CCNCc1ccn(CCCS(C)(=O)=O)n1. The molecule has 0 spiro atoms. The maximum absolute atomic E-state index is 10.9. The zero-order valence-electron chi connectivity index (χ0n) is 9.81. The van der Waals surface area contributed by atoms with Crippen molar-refractivity contribution in [2.75, 3.05) is 18.6 Å². The molecule has 0 aliphatic rings. The summed E-state index contributed by atoms with van der Waals surface area (Å²) in [6.07, 6.45) is 3.75. The Bertz CT molecular complexity index is 411. The molecular weight excluding hydrogens is 226 g/mol. The van der Waals surface area contributed by atoms with Crippen molar-refractivity contribution in [3.8, 4) is 0 Å². The summed E-state index contributed by atoms with van der Waals surface area (Å²) in [4.78, 5) is 0. The standard InChI is InChI=1S/C10H19N3O2S/c1-3-11-9-10-5-7-13(12-10)6-4-8-16(2,14)15/h5,7,11H,3-4,6,8-9H2,1-2H3. The zero-order valence-corrected chi connectivity index (χ0v) is 10.6. The molecule has 0 bridgehead atoms. The molecule has 1 aromatic heterocycles. The maximum Gasteiger partial charge on any atom is 0.147 e. The summed E-state index contributed by atoms with van der Waals surface area (Å²) >= 11 is 0. The highest BCUT2D eigenvalue weighted by Gasteiger charge is 2.03. The average molecular weight is 245 g/mol. The lowest BCUT2D eigenvalue weighted by Crippen LogP contribution is -2.13. The highest BCUT2D eigenvalue weighted by Crippen LogP contribution is 1.98. The van der Waals surface area contributed by atoms with Crippen LogP contribution in [0.2, 0.25) is 0 Å². The van der Waals surface area contributed by atoms with E-state index in [0.29, 0.717) is 13.0 Å². The molecule has 1 N–H and O–H groups in total. The van der Waals surface area contributed by atoms with E-state index < -0.39 is 9.84 Å². The zero-order chi connectivity index (χ0) is 12.0. The third kappa shape index (κ3) is 5.27. The quantitative estimate of drug-likeness (QED) is 0.756. The van der Waals surface area contributed by atoms with E-state index in [2.05, 4.69) is 10.4 Å². The molecule has 0 aliphatic heterocycles. The summed E-state index contributed by atoms with van der Waals surface area (Å²) in [6.45, 7) is 4.37. The van der Waals surface area contributed by atoms with Crippen LogP contribution in [0.15, 0.2) is 12.3 Å². The van der Waals surface area contributed by atoms with E-state index in [1.54, 1.807) is 4.68 Å². The normalized spacial score (nSPS) is 11.9. The van der Waals surface area contributed by atoms with Crippen LogP contribution in [0.25, 0.3) is 0 Å². The second-order valence-electron chi connectivity index (χ2n) is 3.83. The number of nitrogens with one attached hydrogen (secondary N) is 1. The second-order valence-corrected chi connectivity index (χ2v) is 6.09. The topological polar surface area (TPSA) is 64.0 Å². The summed E-state index contributed by atoms with van der Waals surface area (Å²) in [5.74, 6) is 0.218. The van der Waals surface area contributed by atoms with Gasteiger partial charge in [-0.1, -0.05) is 6.92 Å². The molecule has 0 aromatic carbocycles. The molecule has 1 aromatic rings. The van der Waals surface area contributed by atoms with Crippen LogP contribution < -0.4 is 5.32 Å². The summed E-state index contributed by atoms with van der Waals surface area (Å²) < 4.78 is 23.6. The first-order valence-corrected chi connectivity index (χ1v) is 7.48. The van der Waals surface area contributed by atoms with Crippen LogP contribution in [0, 0.1) is 0 Å². The van der Waals surface area contributed by atoms with E-state index in [4.69, 9.17) is 0 Å². The molecular formula is C10H19N3O2S. The summed E-state index contributed by atoms with van der Waals surface area (Å²) in [5, 5.41) is 7.51. The fourth-order valence-electron chi connectivity index (χ4n) is 1.36. The first kappa shape index (κ1) is 13.2. The smallest absolute Gasteiger partial charge is 0.147 e. The van der Waals surface area contributed by atoms with Crippen LogP contribution in [-0.2, 0) is 22.9 Å². The second kappa shape index (κ2) is 6.00. The third-order valence-electron chi connectivity index (χ3n) is 2.15. The lowest BCUT2D eigenvalue weighted by atomic mass is 10.4.